The first-order chi connectivity index (χ1) is 13.9. The van der Waals surface area contributed by atoms with Crippen molar-refractivity contribution in [3.05, 3.63) is 82.9 Å². The standard InChI is InChI=1S/C21H18ClF2N3O2/c1-15(29-10-2-3-16-4-6-17(22)7-5-16)21(28,12-27-14-25-13-26-27)19-9-8-18(23)11-20(19)24/h4-9,11,13-15,28H,10,12H2,1H3/t15-,21-/m1/s1. The monoisotopic (exact) mass is 417 g/mol. The van der Waals surface area contributed by atoms with Gasteiger partial charge in [-0.1, -0.05) is 29.5 Å². The molecule has 29 heavy (non-hydrogen) atoms. The van der Waals surface area contributed by atoms with Gasteiger partial charge in [0.05, 0.1) is 12.6 Å². The van der Waals surface area contributed by atoms with Crippen molar-refractivity contribution in [1.82, 2.24) is 14.8 Å². The Morgan fingerprint density at radius 1 is 1.24 bits per heavy atom. The number of hydrogen-bond acceptors (Lipinski definition) is 4. The molecule has 0 unspecified atom stereocenters. The Balaban J connectivity index is 1.79. The first-order valence-electron chi connectivity index (χ1n) is 8.75. The van der Waals surface area contributed by atoms with Crippen molar-refractivity contribution in [3.8, 4) is 11.8 Å². The lowest BCUT2D eigenvalue weighted by Crippen LogP contribution is -2.44. The molecule has 3 rings (SSSR count). The van der Waals surface area contributed by atoms with E-state index in [0.717, 1.165) is 11.6 Å². The highest BCUT2D eigenvalue weighted by Gasteiger charge is 2.40. The molecule has 1 aromatic heterocycles. The second kappa shape index (κ2) is 9.14. The Morgan fingerprint density at radius 3 is 2.66 bits per heavy atom. The highest BCUT2D eigenvalue weighted by atomic mass is 35.5. The number of halogens is 3. The van der Waals surface area contributed by atoms with Crippen LogP contribution in [0.3, 0.4) is 0 Å². The van der Waals surface area contributed by atoms with Crippen LogP contribution in [0.5, 0.6) is 0 Å². The van der Waals surface area contributed by atoms with Crippen LogP contribution in [0.1, 0.15) is 18.1 Å². The van der Waals surface area contributed by atoms with Crippen molar-refractivity contribution < 1.29 is 18.6 Å². The summed E-state index contributed by atoms with van der Waals surface area (Å²) in [5.74, 6) is 4.14. The summed E-state index contributed by atoms with van der Waals surface area (Å²) in [6.07, 6.45) is 1.80. The summed E-state index contributed by atoms with van der Waals surface area (Å²) in [4.78, 5) is 3.83. The maximum absolute atomic E-state index is 14.4. The van der Waals surface area contributed by atoms with Crippen LogP contribution >= 0.6 is 11.6 Å². The summed E-state index contributed by atoms with van der Waals surface area (Å²) in [6.45, 7) is 1.44. The second-order valence-corrected chi connectivity index (χ2v) is 6.84. The zero-order valence-corrected chi connectivity index (χ0v) is 16.3. The minimum absolute atomic E-state index is 0.00766. The molecule has 0 aliphatic carbocycles. The zero-order chi connectivity index (χ0) is 20.9. The van der Waals surface area contributed by atoms with E-state index in [1.807, 2.05) is 0 Å². The summed E-state index contributed by atoms with van der Waals surface area (Å²) in [5, 5.41) is 15.9. The Hall–Kier alpha value is -2.79. The summed E-state index contributed by atoms with van der Waals surface area (Å²) in [5.41, 5.74) is -1.17. The van der Waals surface area contributed by atoms with Crippen LogP contribution in [0, 0.1) is 23.5 Å². The Bertz CT molecular complexity index is 1020. The van der Waals surface area contributed by atoms with Gasteiger partial charge in [-0.15, -0.1) is 0 Å². The van der Waals surface area contributed by atoms with Gasteiger partial charge in [-0.25, -0.2) is 18.4 Å². The number of aromatic nitrogens is 3. The minimum Gasteiger partial charge on any atom is -0.380 e. The summed E-state index contributed by atoms with van der Waals surface area (Å²) in [7, 11) is 0. The lowest BCUT2D eigenvalue weighted by Gasteiger charge is -2.34. The molecule has 1 heterocycles. The molecule has 0 aliphatic rings. The van der Waals surface area contributed by atoms with Crippen LogP contribution in [0.4, 0.5) is 8.78 Å². The van der Waals surface area contributed by atoms with Crippen molar-refractivity contribution >= 4 is 11.6 Å². The topological polar surface area (TPSA) is 60.2 Å². The van der Waals surface area contributed by atoms with E-state index < -0.39 is 23.3 Å². The molecule has 5 nitrogen and oxygen atoms in total. The van der Waals surface area contributed by atoms with Gasteiger partial charge in [0.25, 0.3) is 0 Å². The van der Waals surface area contributed by atoms with E-state index in [4.69, 9.17) is 16.3 Å². The number of ether oxygens (including phenoxy) is 1. The third kappa shape index (κ3) is 5.18. The van der Waals surface area contributed by atoms with Gasteiger partial charge in [0.1, 0.15) is 36.5 Å². The van der Waals surface area contributed by atoms with Crippen LogP contribution in [-0.4, -0.2) is 32.6 Å². The van der Waals surface area contributed by atoms with Gasteiger partial charge in [0.15, 0.2) is 0 Å². The number of hydrogen-bond donors (Lipinski definition) is 1. The summed E-state index contributed by atoms with van der Waals surface area (Å²) < 4.78 is 34.8. The Labute approximate surface area is 171 Å². The predicted molar refractivity (Wildman–Crippen MR) is 104 cm³/mol. The highest BCUT2D eigenvalue weighted by Crippen LogP contribution is 2.31. The lowest BCUT2D eigenvalue weighted by atomic mass is 9.88. The molecular formula is C21H18ClF2N3O2. The SMILES string of the molecule is C[C@@H](OCC#Cc1ccc(Cl)cc1)[C@](O)(Cn1cncn1)c1ccc(F)cc1F. The van der Waals surface area contributed by atoms with E-state index in [2.05, 4.69) is 21.9 Å². The van der Waals surface area contributed by atoms with Crippen molar-refractivity contribution in [1.29, 1.82) is 0 Å². The van der Waals surface area contributed by atoms with E-state index in [1.165, 1.54) is 23.4 Å². The van der Waals surface area contributed by atoms with Gasteiger partial charge in [-0.2, -0.15) is 5.10 Å². The fraction of sp³-hybridized carbons (Fsp3) is 0.238. The zero-order valence-electron chi connectivity index (χ0n) is 15.5. The first kappa shape index (κ1) is 20.9. The van der Waals surface area contributed by atoms with Gasteiger partial charge in [0.2, 0.25) is 0 Å². The van der Waals surface area contributed by atoms with Crippen LogP contribution in [0.2, 0.25) is 5.02 Å². The first-order valence-corrected chi connectivity index (χ1v) is 9.12. The minimum atomic E-state index is -1.83. The fourth-order valence-electron chi connectivity index (χ4n) is 2.81. The van der Waals surface area contributed by atoms with Crippen LogP contribution in [0.25, 0.3) is 0 Å². The van der Waals surface area contributed by atoms with Gasteiger partial charge in [-0.3, -0.25) is 0 Å². The number of aliphatic hydroxyl groups is 1. The molecule has 150 valence electrons. The predicted octanol–water partition coefficient (Wildman–Crippen LogP) is 3.55. The number of rotatable bonds is 6. The van der Waals surface area contributed by atoms with E-state index in [0.29, 0.717) is 11.1 Å². The fourth-order valence-corrected chi connectivity index (χ4v) is 2.94. The maximum Gasteiger partial charge on any atom is 0.138 e. The molecule has 0 radical (unpaired) electrons. The van der Waals surface area contributed by atoms with Crippen LogP contribution < -0.4 is 0 Å². The summed E-state index contributed by atoms with van der Waals surface area (Å²) in [6, 6.07) is 9.99. The molecule has 2 atom stereocenters. The van der Waals surface area contributed by atoms with Crippen molar-refractivity contribution in [2.24, 2.45) is 0 Å². The molecule has 0 bridgehead atoms. The lowest BCUT2D eigenvalue weighted by molar-refractivity contribution is -0.111. The highest BCUT2D eigenvalue weighted by molar-refractivity contribution is 6.30. The normalized spacial score (nSPS) is 14.0. The van der Waals surface area contributed by atoms with Gasteiger partial charge in [-0.05, 0) is 37.3 Å². The Kier molecular flexibility index (Phi) is 6.60. The van der Waals surface area contributed by atoms with Gasteiger partial charge in [0, 0.05) is 22.2 Å². The largest absolute Gasteiger partial charge is 0.380 e. The molecule has 8 heteroatoms. The average Bonchev–Trinajstić information content (AvgIpc) is 3.19. The smallest absolute Gasteiger partial charge is 0.138 e. The number of nitrogens with zero attached hydrogens (tertiary/aromatic N) is 3. The van der Waals surface area contributed by atoms with E-state index in [-0.39, 0.29) is 18.7 Å². The van der Waals surface area contributed by atoms with E-state index in [9.17, 15) is 13.9 Å². The van der Waals surface area contributed by atoms with Crippen LogP contribution in [0.15, 0.2) is 55.1 Å². The van der Waals surface area contributed by atoms with Crippen molar-refractivity contribution in [2.75, 3.05) is 6.61 Å². The molecule has 1 N–H and O–H groups in total. The summed E-state index contributed by atoms with van der Waals surface area (Å²) >= 11 is 5.84. The van der Waals surface area contributed by atoms with E-state index >= 15 is 0 Å². The van der Waals surface area contributed by atoms with E-state index in [1.54, 1.807) is 31.2 Å². The van der Waals surface area contributed by atoms with Gasteiger partial charge < -0.3 is 9.84 Å². The average molecular weight is 418 g/mol. The molecular weight excluding hydrogens is 400 g/mol. The molecule has 2 aromatic carbocycles. The maximum atomic E-state index is 14.4. The molecule has 0 amide bonds. The van der Waals surface area contributed by atoms with Crippen LogP contribution in [-0.2, 0) is 16.9 Å². The molecule has 3 aromatic rings. The molecule has 0 saturated carbocycles. The quantitative estimate of drug-likeness (QED) is 0.623. The number of benzene rings is 2. The third-order valence-corrected chi connectivity index (χ3v) is 4.67. The molecule has 0 spiro atoms. The molecule has 0 aliphatic heterocycles. The Morgan fingerprint density at radius 2 is 2.00 bits per heavy atom. The van der Waals surface area contributed by atoms with Crippen molar-refractivity contribution in [2.45, 2.75) is 25.2 Å². The molecule has 0 saturated heterocycles. The van der Waals surface area contributed by atoms with Gasteiger partial charge >= 0.3 is 0 Å². The molecule has 0 fully saturated rings. The third-order valence-electron chi connectivity index (χ3n) is 4.42. The second-order valence-electron chi connectivity index (χ2n) is 6.40. The van der Waals surface area contributed by atoms with Crippen molar-refractivity contribution in [3.63, 3.8) is 0 Å².